The molecule has 2 rings (SSSR count). The fourth-order valence-electron chi connectivity index (χ4n) is 2.23. The average molecular weight is 264 g/mol. The van der Waals surface area contributed by atoms with Gasteiger partial charge in [0.05, 0.1) is 26.2 Å². The Labute approximate surface area is 113 Å². The molecule has 19 heavy (non-hydrogen) atoms. The molecule has 0 radical (unpaired) electrons. The number of benzene rings is 1. The van der Waals surface area contributed by atoms with Crippen LogP contribution in [0.25, 0.3) is 0 Å². The first-order chi connectivity index (χ1) is 9.00. The topological polar surface area (TPSA) is 44.8 Å². The van der Waals surface area contributed by atoms with Crippen molar-refractivity contribution in [3.05, 3.63) is 35.4 Å². The number of ether oxygens (including phenoxy) is 3. The van der Waals surface area contributed by atoms with Gasteiger partial charge in [-0.15, -0.1) is 0 Å². The Bertz CT molecular complexity index is 440. The highest BCUT2D eigenvalue weighted by molar-refractivity contribution is 5.69. The van der Waals surface area contributed by atoms with Crippen molar-refractivity contribution in [2.24, 2.45) is 0 Å². The van der Waals surface area contributed by atoms with Crippen molar-refractivity contribution in [1.29, 1.82) is 0 Å². The lowest BCUT2D eigenvalue weighted by atomic mass is 10.0. The number of esters is 1. The van der Waals surface area contributed by atoms with Gasteiger partial charge in [-0.05, 0) is 19.4 Å². The molecule has 0 amide bonds. The van der Waals surface area contributed by atoms with Crippen molar-refractivity contribution in [2.75, 3.05) is 13.7 Å². The normalized spacial score (nSPS) is 26.4. The van der Waals surface area contributed by atoms with Crippen LogP contribution in [0.15, 0.2) is 24.3 Å². The van der Waals surface area contributed by atoms with Gasteiger partial charge >= 0.3 is 5.97 Å². The zero-order valence-electron chi connectivity index (χ0n) is 11.6. The monoisotopic (exact) mass is 264 g/mol. The molecule has 0 spiro atoms. The second kappa shape index (κ2) is 5.72. The Balaban J connectivity index is 1.93. The quantitative estimate of drug-likeness (QED) is 0.782. The molecule has 0 saturated carbocycles. The molecule has 4 heteroatoms. The maximum atomic E-state index is 11.2. The molecule has 0 aliphatic carbocycles. The van der Waals surface area contributed by atoms with Crippen LogP contribution in [0.4, 0.5) is 0 Å². The predicted molar refractivity (Wildman–Crippen MR) is 70.7 cm³/mol. The van der Waals surface area contributed by atoms with Gasteiger partial charge in [-0.3, -0.25) is 4.79 Å². The van der Waals surface area contributed by atoms with Crippen molar-refractivity contribution < 1.29 is 19.0 Å². The molecule has 0 aromatic heterocycles. The first-order valence-corrected chi connectivity index (χ1v) is 6.45. The summed E-state index contributed by atoms with van der Waals surface area (Å²) in [5.74, 6) is -0.929. The van der Waals surface area contributed by atoms with E-state index < -0.39 is 5.79 Å². The summed E-state index contributed by atoms with van der Waals surface area (Å²) in [4.78, 5) is 11.2. The number of carbonyl (C=O) groups excluding carboxylic acids is 1. The summed E-state index contributed by atoms with van der Waals surface area (Å²) in [6.07, 6.45) is 0.688. The fraction of sp³-hybridized carbons (Fsp3) is 0.533. The first-order valence-electron chi connectivity index (χ1n) is 6.45. The number of methoxy groups -OCH3 is 1. The van der Waals surface area contributed by atoms with Crippen LogP contribution < -0.4 is 0 Å². The van der Waals surface area contributed by atoms with Crippen LogP contribution in [0, 0.1) is 6.92 Å². The van der Waals surface area contributed by atoms with Crippen LogP contribution in [0.3, 0.4) is 0 Å². The van der Waals surface area contributed by atoms with Gasteiger partial charge in [-0.1, -0.05) is 29.8 Å². The number of aryl methyl sites for hydroxylation is 1. The number of carbonyl (C=O) groups is 1. The molecule has 1 heterocycles. The third-order valence-electron chi connectivity index (χ3n) is 3.26. The van der Waals surface area contributed by atoms with Crippen molar-refractivity contribution in [2.45, 2.75) is 38.6 Å². The van der Waals surface area contributed by atoms with Crippen molar-refractivity contribution in [3.63, 3.8) is 0 Å². The standard InChI is InChI=1S/C15H20O4/c1-11-4-6-12(7-5-11)9-15(2)18-10-13(19-15)8-14(16)17-3/h4-7,13H,8-10H2,1-3H3. The van der Waals surface area contributed by atoms with Gasteiger partial charge in [0.1, 0.15) is 0 Å². The molecular formula is C15H20O4. The second-order valence-electron chi connectivity index (χ2n) is 5.13. The van der Waals surface area contributed by atoms with E-state index in [1.54, 1.807) is 0 Å². The Morgan fingerprint density at radius 1 is 1.42 bits per heavy atom. The summed E-state index contributed by atoms with van der Waals surface area (Å²) in [5.41, 5.74) is 2.39. The number of hydrogen-bond acceptors (Lipinski definition) is 4. The Hall–Kier alpha value is -1.39. The van der Waals surface area contributed by atoms with Crippen LogP contribution in [0.1, 0.15) is 24.5 Å². The second-order valence-corrected chi connectivity index (χ2v) is 5.13. The third kappa shape index (κ3) is 3.78. The van der Waals surface area contributed by atoms with E-state index >= 15 is 0 Å². The summed E-state index contributed by atoms with van der Waals surface area (Å²) in [5, 5.41) is 0. The summed E-state index contributed by atoms with van der Waals surface area (Å²) < 4.78 is 16.2. The predicted octanol–water partition coefficient (Wildman–Crippen LogP) is 2.23. The minimum atomic E-state index is -0.659. The first kappa shape index (κ1) is 14.0. The minimum Gasteiger partial charge on any atom is -0.469 e. The molecule has 1 aliphatic rings. The van der Waals surface area contributed by atoms with Gasteiger partial charge < -0.3 is 14.2 Å². The molecule has 0 N–H and O–H groups in total. The average Bonchev–Trinajstić information content (AvgIpc) is 2.73. The Morgan fingerprint density at radius 3 is 2.74 bits per heavy atom. The summed E-state index contributed by atoms with van der Waals surface area (Å²) in [7, 11) is 1.38. The summed E-state index contributed by atoms with van der Waals surface area (Å²) in [6, 6.07) is 8.28. The number of rotatable bonds is 4. The zero-order chi connectivity index (χ0) is 13.9. The molecule has 4 nitrogen and oxygen atoms in total. The lowest BCUT2D eigenvalue weighted by molar-refractivity contribution is -0.159. The molecule has 1 aliphatic heterocycles. The lowest BCUT2D eigenvalue weighted by Gasteiger charge is -2.23. The third-order valence-corrected chi connectivity index (χ3v) is 3.26. The highest BCUT2D eigenvalue weighted by Gasteiger charge is 2.38. The maximum absolute atomic E-state index is 11.2. The van der Waals surface area contributed by atoms with Crippen molar-refractivity contribution in [3.8, 4) is 0 Å². The number of hydrogen-bond donors (Lipinski definition) is 0. The van der Waals surface area contributed by atoms with Gasteiger partial charge in [0.25, 0.3) is 0 Å². The van der Waals surface area contributed by atoms with E-state index in [9.17, 15) is 4.79 Å². The molecular weight excluding hydrogens is 244 g/mol. The van der Waals surface area contributed by atoms with Gasteiger partial charge in [-0.25, -0.2) is 0 Å². The maximum Gasteiger partial charge on any atom is 0.308 e. The molecule has 104 valence electrons. The lowest BCUT2D eigenvalue weighted by Crippen LogP contribution is -2.30. The smallest absolute Gasteiger partial charge is 0.308 e. The van der Waals surface area contributed by atoms with Crippen LogP contribution in [-0.2, 0) is 25.4 Å². The SMILES string of the molecule is COC(=O)CC1COC(C)(Cc2ccc(C)cc2)O1. The van der Waals surface area contributed by atoms with Crippen molar-refractivity contribution >= 4 is 5.97 Å². The van der Waals surface area contributed by atoms with Gasteiger partial charge in [0.2, 0.25) is 0 Å². The highest BCUT2D eigenvalue weighted by atomic mass is 16.7. The van der Waals surface area contributed by atoms with Crippen molar-refractivity contribution in [1.82, 2.24) is 0 Å². The fourth-order valence-corrected chi connectivity index (χ4v) is 2.23. The van der Waals surface area contributed by atoms with E-state index in [1.807, 2.05) is 6.92 Å². The summed E-state index contributed by atoms with van der Waals surface area (Å²) >= 11 is 0. The molecule has 1 aromatic carbocycles. The molecule has 1 saturated heterocycles. The summed E-state index contributed by atoms with van der Waals surface area (Å²) in [6.45, 7) is 4.39. The van der Waals surface area contributed by atoms with Gasteiger partial charge in [-0.2, -0.15) is 0 Å². The molecule has 1 aromatic rings. The van der Waals surface area contributed by atoms with Crippen LogP contribution >= 0.6 is 0 Å². The van der Waals surface area contributed by atoms with E-state index in [0.717, 1.165) is 5.56 Å². The highest BCUT2D eigenvalue weighted by Crippen LogP contribution is 2.28. The van der Waals surface area contributed by atoms with E-state index in [4.69, 9.17) is 9.47 Å². The minimum absolute atomic E-state index is 0.220. The van der Waals surface area contributed by atoms with E-state index in [1.165, 1.54) is 12.7 Å². The van der Waals surface area contributed by atoms with Crippen LogP contribution in [0.2, 0.25) is 0 Å². The van der Waals surface area contributed by atoms with E-state index in [0.29, 0.717) is 13.0 Å². The van der Waals surface area contributed by atoms with Crippen LogP contribution in [-0.4, -0.2) is 31.6 Å². The molecule has 2 atom stereocenters. The Morgan fingerprint density at radius 2 is 2.11 bits per heavy atom. The van der Waals surface area contributed by atoms with Gasteiger partial charge in [0.15, 0.2) is 5.79 Å². The molecule has 0 bridgehead atoms. The van der Waals surface area contributed by atoms with Gasteiger partial charge in [0, 0.05) is 6.42 Å². The van der Waals surface area contributed by atoms with E-state index in [2.05, 4.69) is 35.9 Å². The Kier molecular flexibility index (Phi) is 4.22. The zero-order valence-corrected chi connectivity index (χ0v) is 11.6. The van der Waals surface area contributed by atoms with Crippen LogP contribution in [0.5, 0.6) is 0 Å². The largest absolute Gasteiger partial charge is 0.469 e. The molecule has 2 unspecified atom stereocenters. The molecule has 1 fully saturated rings. The van der Waals surface area contributed by atoms with E-state index in [-0.39, 0.29) is 18.5 Å².